The third-order valence-corrected chi connectivity index (χ3v) is 15.6. The smallest absolute Gasteiger partial charge is 0.261 e. The van der Waals surface area contributed by atoms with Gasteiger partial charge in [-0.2, -0.15) is 11.8 Å². The quantitative estimate of drug-likeness (QED) is 0.0534. The summed E-state index contributed by atoms with van der Waals surface area (Å²) >= 11 is 3.30. The fourth-order valence-corrected chi connectivity index (χ4v) is 11.3. The number of nitrogens with one attached hydrogen (secondary N) is 5. The highest BCUT2D eigenvalue weighted by Gasteiger charge is 2.44. The molecule has 1 saturated carbocycles. The number of piperidine rings is 1. The van der Waals surface area contributed by atoms with Crippen LogP contribution in [0.5, 0.6) is 0 Å². The summed E-state index contributed by atoms with van der Waals surface area (Å²) in [6.45, 7) is 10.3. The first-order valence-electron chi connectivity index (χ1n) is 24.3. The summed E-state index contributed by atoms with van der Waals surface area (Å²) in [5, 5.41) is 23.2. The third-order valence-electron chi connectivity index (χ3n) is 13.3. The predicted octanol–water partition coefficient (Wildman–Crippen LogP) is 6.42. The topological polar surface area (TPSA) is 202 Å². The first kappa shape index (κ1) is 51.0. The normalized spacial score (nSPS) is 18.8. The molecule has 0 radical (unpaired) electrons. The molecule has 3 fully saturated rings. The van der Waals surface area contributed by atoms with Crippen LogP contribution in [-0.4, -0.2) is 116 Å². The van der Waals surface area contributed by atoms with Gasteiger partial charge in [-0.25, -0.2) is 14.4 Å². The van der Waals surface area contributed by atoms with Gasteiger partial charge >= 0.3 is 0 Å². The second-order valence-corrected chi connectivity index (χ2v) is 21.9. The summed E-state index contributed by atoms with van der Waals surface area (Å²) in [4.78, 5) is 82.6. The summed E-state index contributed by atoms with van der Waals surface area (Å²) < 4.78 is 14.9. The van der Waals surface area contributed by atoms with Crippen LogP contribution in [0.15, 0.2) is 46.7 Å². The van der Waals surface area contributed by atoms with Crippen LogP contribution in [0.1, 0.15) is 115 Å². The number of hydrogen-bond acceptors (Lipinski definition) is 12. The lowest BCUT2D eigenvalue weighted by Crippen LogP contribution is -2.57. The molecule has 0 bridgehead atoms. The van der Waals surface area contributed by atoms with Crippen molar-refractivity contribution < 1.29 is 28.7 Å². The molecule has 3 atom stereocenters. The monoisotopic (exact) mass is 973 g/mol. The van der Waals surface area contributed by atoms with Crippen molar-refractivity contribution in [2.45, 2.75) is 147 Å². The Morgan fingerprint density at radius 3 is 2.43 bits per heavy atom. The summed E-state index contributed by atoms with van der Waals surface area (Å²) in [5.41, 5.74) is 4.66. The third kappa shape index (κ3) is 13.9. The Kier molecular flexibility index (Phi) is 17.7. The number of likely N-dealkylation sites (tertiary alicyclic amines) is 2. The molecule has 4 aromatic rings. The fraction of sp³-hybridized carbons (Fsp3) is 0.580. The lowest BCUT2D eigenvalue weighted by atomic mass is 9.85. The predicted molar refractivity (Wildman–Crippen MR) is 267 cm³/mol. The van der Waals surface area contributed by atoms with Gasteiger partial charge in [0.1, 0.15) is 29.1 Å². The van der Waals surface area contributed by atoms with Gasteiger partial charge in [-0.15, -0.1) is 11.3 Å². The maximum absolute atomic E-state index is 14.9. The van der Waals surface area contributed by atoms with E-state index in [9.17, 15) is 33.5 Å². The molecular weight excluding hydrogens is 906 g/mol. The number of aromatic amines is 1. The Morgan fingerprint density at radius 1 is 0.985 bits per heavy atom. The Hall–Kier alpha value is -4.91. The molecule has 6 N–H and O–H groups in total. The average Bonchev–Trinajstić information content (AvgIpc) is 4.08. The number of hydrogen-bond donors (Lipinski definition) is 6. The van der Waals surface area contributed by atoms with E-state index in [2.05, 4.69) is 41.1 Å². The van der Waals surface area contributed by atoms with E-state index in [1.54, 1.807) is 29.2 Å². The van der Waals surface area contributed by atoms with E-state index < -0.39 is 35.0 Å². The minimum atomic E-state index is -0.886. The SMILES string of the molecule is Cc1ncsc1-c1ccc(CNC(=O)[C@@H]2C[C@@H](O)CN2C(=O)C(NC(=O)CCCCCCNC(=O)CN2CCC(SCc3nc4cc(NC5CCCC5)cc(F)c4c(=O)[nH]3)CC2)C(C)(C)C)cc1. The van der Waals surface area contributed by atoms with E-state index in [-0.39, 0.29) is 54.9 Å². The van der Waals surface area contributed by atoms with Crippen LogP contribution in [0.25, 0.3) is 21.3 Å². The Balaban J connectivity index is 0.762. The number of benzene rings is 2. The number of carbonyl (C=O) groups excluding carboxylic acids is 4. The van der Waals surface area contributed by atoms with Crippen LogP contribution in [0, 0.1) is 18.2 Å². The van der Waals surface area contributed by atoms with Gasteiger partial charge < -0.3 is 36.3 Å². The second-order valence-electron chi connectivity index (χ2n) is 19.7. The van der Waals surface area contributed by atoms with Crippen LogP contribution in [-0.2, 0) is 31.5 Å². The van der Waals surface area contributed by atoms with Gasteiger partial charge in [0.15, 0.2) is 0 Å². The number of amides is 4. The first-order valence-corrected chi connectivity index (χ1v) is 26.2. The van der Waals surface area contributed by atoms with Crippen LogP contribution < -0.4 is 26.8 Å². The number of H-pyrrole nitrogens is 1. The summed E-state index contributed by atoms with van der Waals surface area (Å²) in [5.74, 6) is -0.519. The Labute approximate surface area is 406 Å². The summed E-state index contributed by atoms with van der Waals surface area (Å²) in [7, 11) is 0. The lowest BCUT2D eigenvalue weighted by molar-refractivity contribution is -0.144. The standard InChI is InChI=1S/C50H68FN9O6S2/c1-31-45(68-30-54-31)33-16-14-32(15-17-33)26-53-47(64)40-25-36(61)27-60(40)49(66)46(50(2,3)4)58-42(62)13-7-5-6-10-20-52-43(63)28-59-21-18-37(19-22-59)67-29-41-56-39-24-35(55-34-11-8-9-12-34)23-38(51)44(39)48(65)57-41/h14-17,23-24,30,34,36-37,40,46,55,61H,5-13,18-22,25-29H2,1-4H3,(H,52,63)(H,53,64)(H,58,62)(H,56,57,65)/t36-,40+,46?/m1/s1. The van der Waals surface area contributed by atoms with Gasteiger partial charge in [-0.3, -0.25) is 28.9 Å². The number of nitrogens with zero attached hydrogens (tertiary/aromatic N) is 4. The molecule has 15 nitrogen and oxygen atoms in total. The molecule has 368 valence electrons. The molecule has 18 heteroatoms. The first-order chi connectivity index (χ1) is 32.6. The highest BCUT2D eigenvalue weighted by atomic mass is 32.2. The molecule has 1 unspecified atom stereocenters. The molecule has 1 aliphatic carbocycles. The second kappa shape index (κ2) is 23.6. The number of aryl methyl sites for hydroxylation is 1. The van der Waals surface area contributed by atoms with Crippen molar-refractivity contribution in [1.29, 1.82) is 0 Å². The van der Waals surface area contributed by atoms with E-state index in [0.29, 0.717) is 53.6 Å². The van der Waals surface area contributed by atoms with Crippen LogP contribution in [0.2, 0.25) is 0 Å². The van der Waals surface area contributed by atoms with Crippen LogP contribution in [0.4, 0.5) is 10.1 Å². The number of β-amino-alcohol motifs (C(OH)–C–C–N with tert-alkyl or cyclic N) is 1. The molecule has 68 heavy (non-hydrogen) atoms. The van der Waals surface area contributed by atoms with Crippen molar-refractivity contribution in [3.05, 3.63) is 75.2 Å². The highest BCUT2D eigenvalue weighted by Crippen LogP contribution is 2.30. The number of rotatable bonds is 20. The number of carbonyl (C=O) groups is 4. The number of thioether (sulfide) groups is 1. The number of thiazole rings is 1. The number of unbranched alkanes of at least 4 members (excludes halogenated alkanes) is 3. The van der Waals surface area contributed by atoms with Gasteiger partial charge in [0, 0.05) is 49.5 Å². The molecule has 7 rings (SSSR count). The zero-order valence-corrected chi connectivity index (χ0v) is 41.5. The molecule has 2 aromatic carbocycles. The average molecular weight is 974 g/mol. The summed E-state index contributed by atoms with van der Waals surface area (Å²) in [6.07, 6.45) is 8.78. The van der Waals surface area contributed by atoms with E-state index in [4.69, 9.17) is 0 Å². The Bertz CT molecular complexity index is 2430. The highest BCUT2D eigenvalue weighted by molar-refractivity contribution is 7.99. The molecule has 3 aliphatic rings. The maximum atomic E-state index is 14.9. The molecule has 4 heterocycles. The molecule has 2 saturated heterocycles. The molecule has 0 spiro atoms. The zero-order valence-electron chi connectivity index (χ0n) is 39.8. The Morgan fingerprint density at radius 2 is 1.72 bits per heavy atom. The van der Waals surface area contributed by atoms with Gasteiger partial charge in [0.25, 0.3) is 5.56 Å². The van der Waals surface area contributed by atoms with Crippen molar-refractivity contribution >= 4 is 63.3 Å². The van der Waals surface area contributed by atoms with E-state index in [1.807, 2.05) is 57.5 Å². The minimum absolute atomic E-state index is 0.0114. The van der Waals surface area contributed by atoms with Crippen LogP contribution >= 0.6 is 23.1 Å². The maximum Gasteiger partial charge on any atom is 0.261 e. The van der Waals surface area contributed by atoms with Crippen molar-refractivity contribution in [3.63, 3.8) is 0 Å². The van der Waals surface area contributed by atoms with Gasteiger partial charge in [-0.1, -0.05) is 70.7 Å². The number of anilines is 1. The zero-order chi connectivity index (χ0) is 48.4. The number of aliphatic hydroxyl groups excluding tert-OH is 1. The molecule has 2 aromatic heterocycles. The molecule has 4 amide bonds. The minimum Gasteiger partial charge on any atom is -0.391 e. The van der Waals surface area contributed by atoms with E-state index >= 15 is 0 Å². The van der Waals surface area contributed by atoms with Gasteiger partial charge in [0.2, 0.25) is 23.6 Å². The molecular formula is C50H68FN9O6S2. The van der Waals surface area contributed by atoms with E-state index in [0.717, 1.165) is 92.6 Å². The van der Waals surface area contributed by atoms with Crippen molar-refractivity contribution in [2.24, 2.45) is 5.41 Å². The number of halogens is 1. The van der Waals surface area contributed by atoms with Crippen LogP contribution in [0.3, 0.4) is 0 Å². The van der Waals surface area contributed by atoms with Crippen molar-refractivity contribution in [2.75, 3.05) is 38.0 Å². The van der Waals surface area contributed by atoms with Crippen molar-refractivity contribution in [3.8, 4) is 10.4 Å². The number of aliphatic hydroxyl groups is 1. The van der Waals surface area contributed by atoms with E-state index in [1.165, 1.54) is 11.0 Å². The van der Waals surface area contributed by atoms with Gasteiger partial charge in [-0.05, 0) is 87.2 Å². The lowest BCUT2D eigenvalue weighted by Gasteiger charge is -2.35. The largest absolute Gasteiger partial charge is 0.391 e. The summed E-state index contributed by atoms with van der Waals surface area (Å²) in [6, 6.07) is 9.64. The number of aromatic nitrogens is 3. The van der Waals surface area contributed by atoms with Gasteiger partial charge in [0.05, 0.1) is 40.0 Å². The fourth-order valence-electron chi connectivity index (χ4n) is 9.42. The van der Waals surface area contributed by atoms with Crippen molar-refractivity contribution in [1.82, 2.24) is 40.7 Å². The number of fused-ring (bicyclic) bond motifs is 1. The molecule has 2 aliphatic heterocycles.